The second-order valence-corrected chi connectivity index (χ2v) is 8.11. The molecule has 8 heteroatoms. The molecule has 0 atom stereocenters. The second kappa shape index (κ2) is 7.84. The van der Waals surface area contributed by atoms with Crippen molar-refractivity contribution >= 4 is 27.8 Å². The number of piperidine rings is 1. The number of sulfonamides is 1. The standard InChI is InChI=1S/C18H22N4O3S/c1-21-11-9-17(20-21)19-18(23)16-7-12-22(13-8-16)26(24,25)14-10-15-5-3-2-4-6-15/h2-6,9-11,14,16H,7-8,12-13H2,1H3,(H,19,20,23)/b14-10+. The summed E-state index contributed by atoms with van der Waals surface area (Å²) in [5, 5.41) is 8.13. The van der Waals surface area contributed by atoms with Crippen molar-refractivity contribution in [2.45, 2.75) is 12.8 Å². The molecule has 1 fully saturated rings. The Morgan fingerprint density at radius 1 is 1.19 bits per heavy atom. The van der Waals surface area contributed by atoms with E-state index in [1.165, 1.54) is 9.71 Å². The zero-order valence-corrected chi connectivity index (χ0v) is 15.4. The van der Waals surface area contributed by atoms with Crippen molar-refractivity contribution < 1.29 is 13.2 Å². The number of anilines is 1. The lowest BCUT2D eigenvalue weighted by atomic mass is 9.97. The van der Waals surface area contributed by atoms with Crippen LogP contribution in [0.1, 0.15) is 18.4 Å². The number of aryl methyl sites for hydroxylation is 1. The summed E-state index contributed by atoms with van der Waals surface area (Å²) in [4.78, 5) is 12.3. The molecule has 26 heavy (non-hydrogen) atoms. The summed E-state index contributed by atoms with van der Waals surface area (Å²) in [5.74, 6) is 0.195. The van der Waals surface area contributed by atoms with Crippen molar-refractivity contribution in [3.8, 4) is 0 Å². The quantitative estimate of drug-likeness (QED) is 0.868. The number of hydrogen-bond donors (Lipinski definition) is 1. The van der Waals surface area contributed by atoms with Crippen LogP contribution in [-0.2, 0) is 21.9 Å². The molecule has 7 nitrogen and oxygen atoms in total. The second-order valence-electron chi connectivity index (χ2n) is 6.30. The van der Waals surface area contributed by atoms with Gasteiger partial charge in [0.25, 0.3) is 0 Å². The van der Waals surface area contributed by atoms with Gasteiger partial charge in [-0.05, 0) is 24.5 Å². The minimum Gasteiger partial charge on any atom is -0.309 e. The summed E-state index contributed by atoms with van der Waals surface area (Å²) in [7, 11) is -1.70. The Bertz CT molecular complexity index is 882. The van der Waals surface area contributed by atoms with Crippen LogP contribution in [0.4, 0.5) is 5.82 Å². The maximum atomic E-state index is 12.5. The van der Waals surface area contributed by atoms with Crippen LogP contribution in [0.5, 0.6) is 0 Å². The molecule has 1 aliphatic heterocycles. The lowest BCUT2D eigenvalue weighted by Gasteiger charge is -2.29. The average molecular weight is 374 g/mol. The van der Waals surface area contributed by atoms with Crippen LogP contribution in [0.25, 0.3) is 6.08 Å². The van der Waals surface area contributed by atoms with Gasteiger partial charge in [-0.15, -0.1) is 0 Å². The maximum absolute atomic E-state index is 12.5. The summed E-state index contributed by atoms with van der Waals surface area (Å²) >= 11 is 0. The van der Waals surface area contributed by atoms with Gasteiger partial charge in [0.05, 0.1) is 0 Å². The summed E-state index contributed by atoms with van der Waals surface area (Å²) in [6.07, 6.45) is 4.34. The van der Waals surface area contributed by atoms with Gasteiger partial charge in [-0.25, -0.2) is 8.42 Å². The molecule has 1 amide bonds. The summed E-state index contributed by atoms with van der Waals surface area (Å²) in [5.41, 5.74) is 0.834. The number of carbonyl (C=O) groups is 1. The van der Waals surface area contributed by atoms with E-state index >= 15 is 0 Å². The number of benzene rings is 1. The molecule has 0 spiro atoms. The highest BCUT2D eigenvalue weighted by Crippen LogP contribution is 2.22. The van der Waals surface area contributed by atoms with Crippen LogP contribution in [0.15, 0.2) is 48.0 Å². The highest BCUT2D eigenvalue weighted by molar-refractivity contribution is 7.92. The lowest BCUT2D eigenvalue weighted by Crippen LogP contribution is -2.40. The average Bonchev–Trinajstić information content (AvgIpc) is 3.06. The number of nitrogens with one attached hydrogen (secondary N) is 1. The van der Waals surface area contributed by atoms with E-state index in [4.69, 9.17) is 0 Å². The maximum Gasteiger partial charge on any atom is 0.236 e. The van der Waals surface area contributed by atoms with Crippen LogP contribution >= 0.6 is 0 Å². The van der Waals surface area contributed by atoms with Gasteiger partial charge in [0.1, 0.15) is 0 Å². The number of aromatic nitrogens is 2. The van der Waals surface area contributed by atoms with Crippen molar-refractivity contribution in [2.75, 3.05) is 18.4 Å². The molecule has 3 rings (SSSR count). The van der Waals surface area contributed by atoms with Gasteiger partial charge in [0, 0.05) is 43.7 Å². The van der Waals surface area contributed by atoms with Crippen molar-refractivity contribution in [3.05, 3.63) is 53.6 Å². The SMILES string of the molecule is Cn1ccc(NC(=O)C2CCN(S(=O)(=O)/C=C/c3ccccc3)CC2)n1. The van der Waals surface area contributed by atoms with E-state index in [9.17, 15) is 13.2 Å². The molecule has 2 aromatic rings. The number of nitrogens with zero attached hydrogens (tertiary/aromatic N) is 3. The first kappa shape index (κ1) is 18.3. The number of amides is 1. The van der Waals surface area contributed by atoms with E-state index in [1.54, 1.807) is 30.1 Å². The Hall–Kier alpha value is -2.45. The molecule has 0 unspecified atom stereocenters. The smallest absolute Gasteiger partial charge is 0.236 e. The van der Waals surface area contributed by atoms with E-state index in [1.807, 2.05) is 30.3 Å². The van der Waals surface area contributed by atoms with Crippen molar-refractivity contribution in [2.24, 2.45) is 13.0 Å². The minimum atomic E-state index is -3.48. The molecule has 0 radical (unpaired) electrons. The fraction of sp³-hybridized carbons (Fsp3) is 0.333. The molecule has 0 bridgehead atoms. The molecule has 1 aliphatic rings. The Labute approximate surface area is 153 Å². The van der Waals surface area contributed by atoms with Crippen LogP contribution < -0.4 is 5.32 Å². The minimum absolute atomic E-state index is 0.111. The molecule has 1 N–H and O–H groups in total. The highest BCUT2D eigenvalue weighted by Gasteiger charge is 2.30. The Balaban J connectivity index is 1.55. The topological polar surface area (TPSA) is 84.3 Å². The summed E-state index contributed by atoms with van der Waals surface area (Å²) in [6.45, 7) is 0.670. The zero-order chi connectivity index (χ0) is 18.6. The molecule has 0 saturated carbocycles. The Kier molecular flexibility index (Phi) is 5.53. The van der Waals surface area contributed by atoms with E-state index in [2.05, 4.69) is 10.4 Å². The highest BCUT2D eigenvalue weighted by atomic mass is 32.2. The van der Waals surface area contributed by atoms with Gasteiger partial charge in [0.2, 0.25) is 15.9 Å². The summed E-state index contributed by atoms with van der Waals surface area (Å²) < 4.78 is 28.0. The van der Waals surface area contributed by atoms with Crippen LogP contribution in [0.2, 0.25) is 0 Å². The first-order chi connectivity index (χ1) is 12.4. The molecule has 1 aromatic carbocycles. The first-order valence-electron chi connectivity index (χ1n) is 8.48. The molecule has 2 heterocycles. The normalized spacial score (nSPS) is 16.8. The summed E-state index contributed by atoms with van der Waals surface area (Å²) in [6, 6.07) is 11.0. The fourth-order valence-electron chi connectivity index (χ4n) is 2.90. The molecule has 0 aliphatic carbocycles. The molecular weight excluding hydrogens is 352 g/mol. The van der Waals surface area contributed by atoms with Gasteiger partial charge in [-0.3, -0.25) is 9.48 Å². The van der Waals surface area contributed by atoms with Gasteiger partial charge in [-0.1, -0.05) is 30.3 Å². The van der Waals surface area contributed by atoms with E-state index < -0.39 is 10.0 Å². The van der Waals surface area contributed by atoms with Gasteiger partial charge >= 0.3 is 0 Å². The molecule has 138 valence electrons. The third-order valence-electron chi connectivity index (χ3n) is 4.38. The Morgan fingerprint density at radius 3 is 2.50 bits per heavy atom. The van der Waals surface area contributed by atoms with E-state index in [0.29, 0.717) is 31.7 Å². The third kappa shape index (κ3) is 4.59. The van der Waals surface area contributed by atoms with Gasteiger partial charge in [0.15, 0.2) is 5.82 Å². The van der Waals surface area contributed by atoms with Crippen molar-refractivity contribution in [1.82, 2.24) is 14.1 Å². The third-order valence-corrected chi connectivity index (χ3v) is 5.95. The lowest BCUT2D eigenvalue weighted by molar-refractivity contribution is -0.120. The van der Waals surface area contributed by atoms with Gasteiger partial charge in [-0.2, -0.15) is 9.40 Å². The predicted octanol–water partition coefficient (Wildman–Crippen LogP) is 2.07. The zero-order valence-electron chi connectivity index (χ0n) is 14.6. The van der Waals surface area contributed by atoms with Gasteiger partial charge < -0.3 is 5.32 Å². The van der Waals surface area contributed by atoms with Crippen LogP contribution in [0, 0.1) is 5.92 Å². The van der Waals surface area contributed by atoms with Crippen LogP contribution in [0.3, 0.4) is 0 Å². The van der Waals surface area contributed by atoms with Crippen molar-refractivity contribution in [3.63, 3.8) is 0 Å². The van der Waals surface area contributed by atoms with Crippen LogP contribution in [-0.4, -0.2) is 41.5 Å². The van der Waals surface area contributed by atoms with E-state index in [-0.39, 0.29) is 11.8 Å². The number of carbonyl (C=O) groups excluding carboxylic acids is 1. The first-order valence-corrected chi connectivity index (χ1v) is 9.98. The number of hydrogen-bond acceptors (Lipinski definition) is 4. The largest absolute Gasteiger partial charge is 0.309 e. The number of rotatable bonds is 5. The predicted molar refractivity (Wildman–Crippen MR) is 101 cm³/mol. The molecule has 1 aromatic heterocycles. The molecular formula is C18H22N4O3S. The van der Waals surface area contributed by atoms with E-state index in [0.717, 1.165) is 5.56 Å². The molecule has 1 saturated heterocycles. The Morgan fingerprint density at radius 2 is 1.88 bits per heavy atom. The van der Waals surface area contributed by atoms with Crippen molar-refractivity contribution in [1.29, 1.82) is 0 Å². The monoisotopic (exact) mass is 374 g/mol. The fourth-order valence-corrected chi connectivity index (χ4v) is 4.12.